The van der Waals surface area contributed by atoms with Gasteiger partial charge in [-0.05, 0) is 18.9 Å². The minimum atomic E-state index is -1.37. The molecule has 1 aromatic rings. The number of nitrogens with two attached hydrogens (primary N) is 1. The van der Waals surface area contributed by atoms with Crippen molar-refractivity contribution in [1.29, 1.82) is 0 Å². The fourth-order valence-electron chi connectivity index (χ4n) is 2.81. The molecule has 188 valence electrons. The Morgan fingerprint density at radius 3 is 1.94 bits per heavy atom. The summed E-state index contributed by atoms with van der Waals surface area (Å²) < 4.78 is 0. The SMILES string of the molecule is CC(O)C(N)C(=O)NC(CCC(=O)O)C(=O)NC(CS)C(=O)NC(Cc1ccccc1)C(=O)O. The number of carboxylic acid groups (broad SMARTS) is 2. The zero-order valence-electron chi connectivity index (χ0n) is 18.5. The van der Waals surface area contributed by atoms with Gasteiger partial charge in [0, 0.05) is 18.6 Å². The minimum absolute atomic E-state index is 0.00365. The normalized spacial score (nSPS) is 15.2. The molecule has 0 saturated heterocycles. The Morgan fingerprint density at radius 2 is 1.44 bits per heavy atom. The lowest BCUT2D eigenvalue weighted by molar-refractivity contribution is -0.142. The number of nitrogens with one attached hydrogen (secondary N) is 3. The van der Waals surface area contributed by atoms with Crippen LogP contribution < -0.4 is 21.7 Å². The van der Waals surface area contributed by atoms with E-state index in [2.05, 4.69) is 28.6 Å². The Bertz CT molecular complexity index is 868. The number of aliphatic carboxylic acids is 2. The van der Waals surface area contributed by atoms with Gasteiger partial charge in [-0.2, -0.15) is 12.6 Å². The van der Waals surface area contributed by atoms with Gasteiger partial charge in [-0.15, -0.1) is 0 Å². The van der Waals surface area contributed by atoms with Crippen LogP contribution in [0.3, 0.4) is 0 Å². The van der Waals surface area contributed by atoms with Gasteiger partial charge in [0.2, 0.25) is 17.7 Å². The lowest BCUT2D eigenvalue weighted by atomic mass is 10.1. The molecule has 0 saturated carbocycles. The van der Waals surface area contributed by atoms with Gasteiger partial charge in [0.25, 0.3) is 0 Å². The number of benzene rings is 1. The number of thiol groups is 1. The average Bonchev–Trinajstić information content (AvgIpc) is 2.78. The third-order valence-electron chi connectivity index (χ3n) is 4.82. The second kappa shape index (κ2) is 14.2. The van der Waals surface area contributed by atoms with E-state index in [1.165, 1.54) is 6.92 Å². The van der Waals surface area contributed by atoms with Crippen LogP contribution in [-0.4, -0.2) is 81.0 Å². The Balaban J connectivity index is 2.89. The van der Waals surface area contributed by atoms with Crippen LogP contribution >= 0.6 is 12.6 Å². The second-order valence-corrected chi connectivity index (χ2v) is 7.96. The summed E-state index contributed by atoms with van der Waals surface area (Å²) >= 11 is 4.03. The molecule has 0 heterocycles. The highest BCUT2D eigenvalue weighted by Gasteiger charge is 2.30. The maximum absolute atomic E-state index is 12.7. The van der Waals surface area contributed by atoms with Crippen molar-refractivity contribution in [2.24, 2.45) is 5.73 Å². The van der Waals surface area contributed by atoms with E-state index >= 15 is 0 Å². The summed E-state index contributed by atoms with van der Waals surface area (Å²) in [6, 6.07) is 3.33. The molecule has 0 aliphatic heterocycles. The van der Waals surface area contributed by atoms with Crippen molar-refractivity contribution in [3.63, 3.8) is 0 Å². The Hall–Kier alpha value is -3.16. The van der Waals surface area contributed by atoms with Crippen LogP contribution in [0.1, 0.15) is 25.3 Å². The van der Waals surface area contributed by atoms with Crippen molar-refractivity contribution in [1.82, 2.24) is 16.0 Å². The van der Waals surface area contributed by atoms with Crippen molar-refractivity contribution < 1.29 is 39.3 Å². The molecular weight excluding hydrogens is 468 g/mol. The summed E-state index contributed by atoms with van der Waals surface area (Å²) in [5, 5.41) is 34.8. The molecule has 0 aromatic heterocycles. The van der Waals surface area contributed by atoms with E-state index in [1.807, 2.05) is 0 Å². The zero-order valence-corrected chi connectivity index (χ0v) is 19.4. The molecule has 8 N–H and O–H groups in total. The van der Waals surface area contributed by atoms with E-state index in [1.54, 1.807) is 30.3 Å². The molecule has 5 atom stereocenters. The van der Waals surface area contributed by atoms with E-state index < -0.39 is 66.4 Å². The first kappa shape index (κ1) is 28.9. The van der Waals surface area contributed by atoms with Gasteiger partial charge >= 0.3 is 11.9 Å². The molecular formula is C21H30N4O8S. The van der Waals surface area contributed by atoms with Crippen molar-refractivity contribution >= 4 is 42.3 Å². The molecule has 34 heavy (non-hydrogen) atoms. The molecule has 1 aromatic carbocycles. The van der Waals surface area contributed by atoms with Gasteiger partial charge in [-0.25, -0.2) is 4.79 Å². The van der Waals surface area contributed by atoms with E-state index in [4.69, 9.17) is 10.8 Å². The first-order chi connectivity index (χ1) is 16.0. The lowest BCUT2D eigenvalue weighted by Crippen LogP contribution is -2.58. The number of hydrogen-bond donors (Lipinski definition) is 8. The van der Waals surface area contributed by atoms with Gasteiger partial charge in [0.05, 0.1) is 6.10 Å². The van der Waals surface area contributed by atoms with E-state index in [0.29, 0.717) is 5.56 Å². The van der Waals surface area contributed by atoms with Gasteiger partial charge in [-0.1, -0.05) is 30.3 Å². The fourth-order valence-corrected chi connectivity index (χ4v) is 3.07. The van der Waals surface area contributed by atoms with Crippen molar-refractivity contribution in [2.45, 2.75) is 56.5 Å². The largest absolute Gasteiger partial charge is 0.481 e. The summed E-state index contributed by atoms with van der Waals surface area (Å²) in [5.41, 5.74) is 6.22. The van der Waals surface area contributed by atoms with E-state index in [-0.39, 0.29) is 18.6 Å². The fraction of sp³-hybridized carbons (Fsp3) is 0.476. The maximum Gasteiger partial charge on any atom is 0.326 e. The highest BCUT2D eigenvalue weighted by Crippen LogP contribution is 2.05. The average molecular weight is 499 g/mol. The second-order valence-electron chi connectivity index (χ2n) is 7.59. The first-order valence-electron chi connectivity index (χ1n) is 10.4. The molecule has 0 fully saturated rings. The molecule has 0 aliphatic carbocycles. The van der Waals surface area contributed by atoms with Crippen LogP contribution in [0.5, 0.6) is 0 Å². The Kier molecular flexibility index (Phi) is 12.0. The van der Waals surface area contributed by atoms with Crippen molar-refractivity contribution in [3.05, 3.63) is 35.9 Å². The number of carboxylic acids is 2. The molecule has 0 aliphatic rings. The monoisotopic (exact) mass is 498 g/mol. The quantitative estimate of drug-likeness (QED) is 0.137. The van der Waals surface area contributed by atoms with Crippen LogP contribution in [0.4, 0.5) is 0 Å². The number of rotatable bonds is 14. The molecule has 3 amide bonds. The van der Waals surface area contributed by atoms with Crippen molar-refractivity contribution in [3.8, 4) is 0 Å². The van der Waals surface area contributed by atoms with Crippen LogP contribution in [0.2, 0.25) is 0 Å². The van der Waals surface area contributed by atoms with Crippen molar-refractivity contribution in [2.75, 3.05) is 5.75 Å². The maximum atomic E-state index is 12.7. The molecule has 13 heteroatoms. The minimum Gasteiger partial charge on any atom is -0.481 e. The molecule has 0 spiro atoms. The predicted octanol–water partition coefficient (Wildman–Crippen LogP) is -1.73. The number of carbonyl (C=O) groups is 5. The van der Waals surface area contributed by atoms with Crippen LogP contribution in [0, 0.1) is 0 Å². The summed E-state index contributed by atoms with van der Waals surface area (Å²) in [6.45, 7) is 1.27. The topological polar surface area (TPSA) is 208 Å². The van der Waals surface area contributed by atoms with Crippen LogP contribution in [0.15, 0.2) is 30.3 Å². The Morgan fingerprint density at radius 1 is 0.912 bits per heavy atom. The van der Waals surface area contributed by atoms with Crippen LogP contribution in [0.25, 0.3) is 0 Å². The number of hydrogen-bond acceptors (Lipinski definition) is 8. The smallest absolute Gasteiger partial charge is 0.326 e. The molecule has 0 bridgehead atoms. The predicted molar refractivity (Wildman–Crippen MR) is 124 cm³/mol. The summed E-state index contributed by atoms with van der Waals surface area (Å²) in [6.07, 6.45) is -2.01. The first-order valence-corrected chi connectivity index (χ1v) is 11.0. The summed E-state index contributed by atoms with van der Waals surface area (Å²) in [4.78, 5) is 60.1. The number of carbonyl (C=O) groups excluding carboxylic acids is 3. The van der Waals surface area contributed by atoms with Gasteiger partial charge in [-0.3, -0.25) is 19.2 Å². The summed E-state index contributed by atoms with van der Waals surface area (Å²) in [7, 11) is 0. The zero-order chi connectivity index (χ0) is 25.8. The number of aliphatic hydroxyl groups excluding tert-OH is 1. The van der Waals surface area contributed by atoms with Gasteiger partial charge in [0.15, 0.2) is 0 Å². The van der Waals surface area contributed by atoms with E-state index in [0.717, 1.165) is 0 Å². The van der Waals surface area contributed by atoms with Gasteiger partial charge in [0.1, 0.15) is 24.2 Å². The third kappa shape index (κ3) is 9.77. The molecule has 5 unspecified atom stereocenters. The lowest BCUT2D eigenvalue weighted by Gasteiger charge is -2.24. The molecule has 1 rings (SSSR count). The van der Waals surface area contributed by atoms with E-state index in [9.17, 15) is 34.2 Å². The van der Waals surface area contributed by atoms with Gasteiger partial charge < -0.3 is 37.0 Å². The Labute approximate surface area is 201 Å². The summed E-state index contributed by atoms with van der Waals surface area (Å²) in [5.74, 6) is -5.31. The highest BCUT2D eigenvalue weighted by atomic mass is 32.1. The molecule has 12 nitrogen and oxygen atoms in total. The number of amides is 3. The number of aliphatic hydroxyl groups is 1. The van der Waals surface area contributed by atoms with Crippen LogP contribution in [-0.2, 0) is 30.4 Å². The molecule has 0 radical (unpaired) electrons. The standard InChI is InChI=1S/C21H30N4O8S/c1-11(26)17(22)20(31)23-13(7-8-16(27)28)18(29)25-15(10-34)19(30)24-14(21(32)33)9-12-5-3-2-4-6-12/h2-6,11,13-15,17,26,34H,7-10,22H2,1H3,(H,23,31)(H,24,30)(H,25,29)(H,27,28)(H,32,33). The highest BCUT2D eigenvalue weighted by molar-refractivity contribution is 7.80. The third-order valence-corrected chi connectivity index (χ3v) is 5.18.